The summed E-state index contributed by atoms with van der Waals surface area (Å²) in [5.41, 5.74) is 6.24. The number of anilines is 1. The van der Waals surface area contributed by atoms with Crippen molar-refractivity contribution in [3.8, 4) is 0 Å². The number of carbonyl (C=O) groups excluding carboxylic acids is 2. The highest BCUT2D eigenvalue weighted by atomic mass is 35.5. The molecule has 3 rings (SSSR count). The minimum atomic E-state index is -0.649. The van der Waals surface area contributed by atoms with E-state index in [1.165, 1.54) is 43.5 Å². The van der Waals surface area contributed by atoms with Gasteiger partial charge in [-0.15, -0.1) is 0 Å². The molecule has 0 aliphatic heterocycles. The number of H-pyrrole nitrogens is 1. The van der Waals surface area contributed by atoms with Crippen molar-refractivity contribution in [2.75, 3.05) is 12.8 Å². The Morgan fingerprint density at radius 2 is 1.85 bits per heavy atom. The summed E-state index contributed by atoms with van der Waals surface area (Å²) in [6.07, 6.45) is 0. The Hall–Kier alpha value is -3.39. The molecule has 2 aromatic carbocycles. The number of fused-ring (bicyclic) bond motifs is 1. The Morgan fingerprint density at radius 1 is 1.15 bits per heavy atom. The molecule has 1 heterocycles. The van der Waals surface area contributed by atoms with Crippen LogP contribution in [-0.2, 0) is 16.1 Å². The van der Waals surface area contributed by atoms with Crippen LogP contribution in [0.25, 0.3) is 10.9 Å². The van der Waals surface area contributed by atoms with E-state index in [0.717, 1.165) is 0 Å². The summed E-state index contributed by atoms with van der Waals surface area (Å²) in [5.74, 6) is -1.07. The molecule has 0 saturated heterocycles. The molecule has 0 saturated carbocycles. The highest BCUT2D eigenvalue weighted by Crippen LogP contribution is 2.20. The van der Waals surface area contributed by atoms with E-state index in [4.69, 9.17) is 22.1 Å². The van der Waals surface area contributed by atoms with Gasteiger partial charge in [0.25, 0.3) is 5.56 Å². The third-order valence-corrected chi connectivity index (χ3v) is 4.09. The number of hydrogen-bond acceptors (Lipinski definition) is 7. The Bertz CT molecular complexity index is 1110. The van der Waals surface area contributed by atoms with Crippen molar-refractivity contribution in [1.29, 1.82) is 0 Å². The van der Waals surface area contributed by atoms with Gasteiger partial charge < -0.3 is 20.2 Å². The second-order valence-electron chi connectivity index (χ2n) is 5.55. The van der Waals surface area contributed by atoms with Gasteiger partial charge in [0.1, 0.15) is 12.4 Å². The molecule has 8 nitrogen and oxygen atoms in total. The lowest BCUT2D eigenvalue weighted by Gasteiger charge is -2.07. The maximum atomic E-state index is 12.2. The predicted molar refractivity (Wildman–Crippen MR) is 98.7 cm³/mol. The zero-order valence-electron chi connectivity index (χ0n) is 14.1. The van der Waals surface area contributed by atoms with E-state index in [0.29, 0.717) is 10.4 Å². The zero-order chi connectivity index (χ0) is 19.6. The molecule has 0 radical (unpaired) electrons. The highest BCUT2D eigenvalue weighted by Gasteiger charge is 2.13. The smallest absolute Gasteiger partial charge is 0.338 e. The van der Waals surface area contributed by atoms with E-state index >= 15 is 0 Å². The Morgan fingerprint density at radius 3 is 2.56 bits per heavy atom. The highest BCUT2D eigenvalue weighted by molar-refractivity contribution is 6.33. The van der Waals surface area contributed by atoms with Gasteiger partial charge in [-0.25, -0.2) is 14.6 Å². The standard InChI is InChI=1S/C18H14ClN3O5/c1-26-17(24)10-2-4-11-14(7-10)21-15(22-16(11)23)8-27-18(25)9-3-5-12(19)13(20)6-9/h2-7H,8,20H2,1H3,(H,21,22,23). The number of nitrogen functional groups attached to an aromatic ring is 1. The molecule has 27 heavy (non-hydrogen) atoms. The fourth-order valence-electron chi connectivity index (χ4n) is 2.39. The molecule has 3 aromatic rings. The van der Waals surface area contributed by atoms with Crippen LogP contribution in [0.15, 0.2) is 41.2 Å². The molecule has 0 bridgehead atoms. The number of carbonyl (C=O) groups is 2. The SMILES string of the molecule is COC(=O)c1ccc2c(=O)[nH]c(COC(=O)c3ccc(Cl)c(N)c3)nc2c1. The minimum Gasteiger partial charge on any atom is -0.465 e. The number of aromatic nitrogens is 2. The first kappa shape index (κ1) is 18.4. The number of methoxy groups -OCH3 is 1. The first-order valence-electron chi connectivity index (χ1n) is 7.72. The summed E-state index contributed by atoms with van der Waals surface area (Å²) in [5, 5.41) is 0.622. The van der Waals surface area contributed by atoms with Gasteiger partial charge >= 0.3 is 11.9 Å². The average molecular weight is 388 g/mol. The Labute approximate surface area is 157 Å². The second-order valence-corrected chi connectivity index (χ2v) is 5.96. The number of nitrogens with one attached hydrogen (secondary N) is 1. The van der Waals surface area contributed by atoms with Crippen molar-refractivity contribution in [2.45, 2.75) is 6.61 Å². The molecule has 0 amide bonds. The number of benzene rings is 2. The van der Waals surface area contributed by atoms with E-state index in [-0.39, 0.29) is 34.8 Å². The predicted octanol–water partition coefficient (Wildman–Crippen LogP) is 2.30. The summed E-state index contributed by atoms with van der Waals surface area (Å²) >= 11 is 5.82. The van der Waals surface area contributed by atoms with Gasteiger partial charge in [0.05, 0.1) is 39.8 Å². The lowest BCUT2D eigenvalue weighted by atomic mass is 10.1. The van der Waals surface area contributed by atoms with Gasteiger partial charge in [0, 0.05) is 0 Å². The Balaban J connectivity index is 1.83. The van der Waals surface area contributed by atoms with Crippen LogP contribution < -0.4 is 11.3 Å². The van der Waals surface area contributed by atoms with E-state index < -0.39 is 17.5 Å². The lowest BCUT2D eigenvalue weighted by Crippen LogP contribution is -2.15. The molecule has 3 N–H and O–H groups in total. The summed E-state index contributed by atoms with van der Waals surface area (Å²) in [6, 6.07) is 8.72. The average Bonchev–Trinajstić information content (AvgIpc) is 2.67. The topological polar surface area (TPSA) is 124 Å². The molecule has 1 aromatic heterocycles. The van der Waals surface area contributed by atoms with E-state index in [9.17, 15) is 14.4 Å². The van der Waals surface area contributed by atoms with Gasteiger partial charge in [0.2, 0.25) is 0 Å². The number of ether oxygens (including phenoxy) is 2. The summed E-state index contributed by atoms with van der Waals surface area (Å²) in [7, 11) is 1.26. The van der Waals surface area contributed by atoms with Crippen molar-refractivity contribution in [3.63, 3.8) is 0 Å². The molecule has 0 aliphatic rings. The lowest BCUT2D eigenvalue weighted by molar-refractivity contribution is 0.0462. The van der Waals surface area contributed by atoms with Gasteiger partial charge in [-0.3, -0.25) is 4.79 Å². The van der Waals surface area contributed by atoms with Crippen LogP contribution >= 0.6 is 11.6 Å². The zero-order valence-corrected chi connectivity index (χ0v) is 14.9. The van der Waals surface area contributed by atoms with Gasteiger partial charge in [0.15, 0.2) is 0 Å². The fraction of sp³-hybridized carbons (Fsp3) is 0.111. The number of rotatable bonds is 4. The number of hydrogen-bond donors (Lipinski definition) is 2. The fourth-order valence-corrected chi connectivity index (χ4v) is 2.51. The van der Waals surface area contributed by atoms with Crippen molar-refractivity contribution in [1.82, 2.24) is 9.97 Å². The molecule has 0 fully saturated rings. The number of esters is 2. The molecular formula is C18H14ClN3O5. The van der Waals surface area contributed by atoms with Gasteiger partial charge in [-0.05, 0) is 36.4 Å². The molecule has 0 atom stereocenters. The first-order valence-corrected chi connectivity index (χ1v) is 8.10. The molecule has 0 spiro atoms. The van der Waals surface area contributed by atoms with Crippen LogP contribution in [0.1, 0.15) is 26.5 Å². The number of aromatic amines is 1. The van der Waals surface area contributed by atoms with Crippen LogP contribution in [-0.4, -0.2) is 29.0 Å². The molecular weight excluding hydrogens is 374 g/mol. The molecule has 0 unspecified atom stereocenters. The van der Waals surface area contributed by atoms with Gasteiger partial charge in [-0.1, -0.05) is 11.6 Å². The van der Waals surface area contributed by atoms with Crippen LogP contribution in [0.5, 0.6) is 0 Å². The van der Waals surface area contributed by atoms with Crippen LogP contribution in [0, 0.1) is 0 Å². The van der Waals surface area contributed by atoms with Crippen molar-refractivity contribution >= 4 is 40.1 Å². The molecule has 0 aliphatic carbocycles. The largest absolute Gasteiger partial charge is 0.465 e. The number of halogens is 1. The maximum Gasteiger partial charge on any atom is 0.338 e. The summed E-state index contributed by atoms with van der Waals surface area (Å²) in [6.45, 7) is -0.269. The van der Waals surface area contributed by atoms with Crippen molar-refractivity contribution in [2.24, 2.45) is 0 Å². The van der Waals surface area contributed by atoms with Crippen molar-refractivity contribution < 1.29 is 19.1 Å². The number of nitrogens with zero attached hydrogens (tertiary/aromatic N) is 1. The van der Waals surface area contributed by atoms with Crippen LogP contribution in [0.4, 0.5) is 5.69 Å². The van der Waals surface area contributed by atoms with Crippen LogP contribution in [0.3, 0.4) is 0 Å². The quantitative estimate of drug-likeness (QED) is 0.519. The number of nitrogens with two attached hydrogens (primary N) is 1. The third kappa shape index (κ3) is 3.90. The van der Waals surface area contributed by atoms with Crippen LogP contribution in [0.2, 0.25) is 5.02 Å². The first-order chi connectivity index (χ1) is 12.9. The normalized spacial score (nSPS) is 10.6. The van der Waals surface area contributed by atoms with E-state index in [1.54, 1.807) is 0 Å². The monoisotopic (exact) mass is 387 g/mol. The van der Waals surface area contributed by atoms with Crippen molar-refractivity contribution in [3.05, 3.63) is 68.7 Å². The summed E-state index contributed by atoms with van der Waals surface area (Å²) < 4.78 is 9.80. The Kier molecular flexibility index (Phi) is 5.09. The second kappa shape index (κ2) is 7.46. The van der Waals surface area contributed by atoms with E-state index in [2.05, 4.69) is 14.7 Å². The molecule has 138 valence electrons. The third-order valence-electron chi connectivity index (χ3n) is 3.75. The summed E-state index contributed by atoms with van der Waals surface area (Å²) in [4.78, 5) is 42.7. The van der Waals surface area contributed by atoms with E-state index in [1.807, 2.05) is 0 Å². The minimum absolute atomic E-state index is 0.129. The maximum absolute atomic E-state index is 12.2. The van der Waals surface area contributed by atoms with Gasteiger partial charge in [-0.2, -0.15) is 0 Å². The molecule has 9 heteroatoms.